The number of likely N-dealkylation sites (N-methyl/N-ethyl adjacent to an activating group) is 1. The van der Waals surface area contributed by atoms with Crippen LogP contribution < -0.4 is 15.2 Å². The fourth-order valence-electron chi connectivity index (χ4n) is 2.96. The van der Waals surface area contributed by atoms with Crippen molar-refractivity contribution in [2.45, 2.75) is 13.0 Å². The number of nitrogens with two attached hydrogens (primary N) is 1. The van der Waals surface area contributed by atoms with Crippen LogP contribution in [0.25, 0.3) is 0 Å². The average Bonchev–Trinajstić information content (AvgIpc) is 2.55. The van der Waals surface area contributed by atoms with Crippen molar-refractivity contribution in [1.82, 2.24) is 9.80 Å². The summed E-state index contributed by atoms with van der Waals surface area (Å²) in [4.78, 5) is 4.93. The van der Waals surface area contributed by atoms with Gasteiger partial charge in [-0.05, 0) is 24.2 Å². The van der Waals surface area contributed by atoms with Crippen LogP contribution in [0.4, 0.5) is 0 Å². The zero-order chi connectivity index (χ0) is 14.7. The molecule has 0 aliphatic carbocycles. The third-order valence-corrected chi connectivity index (χ3v) is 4.36. The fraction of sp³-hybridized carbons (Fsp3) is 0.625. The molecule has 2 N–H and O–H groups in total. The zero-order valence-corrected chi connectivity index (χ0v) is 12.8. The predicted molar refractivity (Wildman–Crippen MR) is 82.9 cm³/mol. The maximum atomic E-state index is 6.37. The molecule has 3 rings (SSSR count). The smallest absolute Gasteiger partial charge is 0.161 e. The number of fused-ring (bicyclic) bond motifs is 1. The molecule has 5 nitrogen and oxygen atoms in total. The summed E-state index contributed by atoms with van der Waals surface area (Å²) in [6, 6.07) is 6.08. The normalized spacial score (nSPS) is 21.2. The number of hydrogen-bond donors (Lipinski definition) is 1. The number of piperazine rings is 1. The van der Waals surface area contributed by atoms with Crippen LogP contribution in [0.3, 0.4) is 0 Å². The number of nitrogens with zero attached hydrogens (tertiary/aromatic N) is 2. The Morgan fingerprint density at radius 1 is 1.05 bits per heavy atom. The van der Waals surface area contributed by atoms with E-state index in [-0.39, 0.29) is 6.04 Å². The number of hydrogen-bond acceptors (Lipinski definition) is 5. The highest BCUT2D eigenvalue weighted by atomic mass is 16.6. The molecule has 1 fully saturated rings. The van der Waals surface area contributed by atoms with E-state index >= 15 is 0 Å². The van der Waals surface area contributed by atoms with Crippen molar-refractivity contribution in [1.29, 1.82) is 0 Å². The Morgan fingerprint density at radius 3 is 2.43 bits per heavy atom. The van der Waals surface area contributed by atoms with Gasteiger partial charge < -0.3 is 20.1 Å². The number of ether oxygens (including phenoxy) is 2. The molecule has 1 aromatic carbocycles. The minimum Gasteiger partial charge on any atom is -0.486 e. The lowest BCUT2D eigenvalue weighted by atomic mass is 10.1. The lowest BCUT2D eigenvalue weighted by molar-refractivity contribution is 0.131. The van der Waals surface area contributed by atoms with Gasteiger partial charge in [0.25, 0.3) is 0 Å². The third-order valence-electron chi connectivity index (χ3n) is 4.36. The van der Waals surface area contributed by atoms with E-state index in [1.807, 2.05) is 12.1 Å². The number of benzene rings is 1. The first-order valence-electron chi connectivity index (χ1n) is 7.86. The van der Waals surface area contributed by atoms with Crippen LogP contribution in [0, 0.1) is 0 Å². The Labute approximate surface area is 126 Å². The van der Waals surface area contributed by atoms with E-state index in [0.717, 1.165) is 56.3 Å². The van der Waals surface area contributed by atoms with Gasteiger partial charge in [0.1, 0.15) is 13.2 Å². The molecular weight excluding hydrogens is 266 g/mol. The molecule has 0 bridgehead atoms. The van der Waals surface area contributed by atoms with Gasteiger partial charge in [0.2, 0.25) is 0 Å². The van der Waals surface area contributed by atoms with Gasteiger partial charge in [-0.25, -0.2) is 0 Å². The molecule has 1 aromatic rings. The van der Waals surface area contributed by atoms with Crippen molar-refractivity contribution in [2.24, 2.45) is 5.73 Å². The van der Waals surface area contributed by atoms with Crippen LogP contribution in [-0.4, -0.2) is 62.3 Å². The van der Waals surface area contributed by atoms with Crippen molar-refractivity contribution in [3.05, 3.63) is 23.8 Å². The molecule has 1 atom stereocenters. The Bertz CT molecular complexity index is 473. The van der Waals surface area contributed by atoms with E-state index in [0.29, 0.717) is 13.2 Å². The summed E-state index contributed by atoms with van der Waals surface area (Å²) in [6.07, 6.45) is 0. The summed E-state index contributed by atoms with van der Waals surface area (Å²) >= 11 is 0. The second-order valence-electron chi connectivity index (χ2n) is 5.74. The molecule has 2 aliphatic rings. The minimum absolute atomic E-state index is 0.0222. The molecule has 1 saturated heterocycles. The van der Waals surface area contributed by atoms with Gasteiger partial charge in [0, 0.05) is 38.8 Å². The molecule has 1 unspecified atom stereocenters. The van der Waals surface area contributed by atoms with Crippen molar-refractivity contribution >= 4 is 0 Å². The van der Waals surface area contributed by atoms with Crippen molar-refractivity contribution in [3.63, 3.8) is 0 Å². The van der Waals surface area contributed by atoms with Gasteiger partial charge in [-0.2, -0.15) is 0 Å². The first kappa shape index (κ1) is 14.6. The van der Waals surface area contributed by atoms with E-state index in [4.69, 9.17) is 15.2 Å². The summed E-state index contributed by atoms with van der Waals surface area (Å²) in [5.41, 5.74) is 7.50. The van der Waals surface area contributed by atoms with Crippen molar-refractivity contribution in [2.75, 3.05) is 52.5 Å². The van der Waals surface area contributed by atoms with Gasteiger partial charge >= 0.3 is 0 Å². The van der Waals surface area contributed by atoms with E-state index in [2.05, 4.69) is 22.8 Å². The lowest BCUT2D eigenvalue weighted by Crippen LogP contribution is -2.48. The van der Waals surface area contributed by atoms with Crippen LogP contribution in [0.2, 0.25) is 0 Å². The van der Waals surface area contributed by atoms with E-state index in [1.54, 1.807) is 0 Å². The van der Waals surface area contributed by atoms with Crippen LogP contribution >= 0.6 is 0 Å². The number of rotatable bonds is 4. The van der Waals surface area contributed by atoms with Crippen LogP contribution in [0.15, 0.2) is 18.2 Å². The second kappa shape index (κ2) is 6.64. The van der Waals surface area contributed by atoms with Crippen molar-refractivity contribution < 1.29 is 9.47 Å². The summed E-state index contributed by atoms with van der Waals surface area (Å²) in [5.74, 6) is 1.65. The van der Waals surface area contributed by atoms with Crippen LogP contribution in [0.5, 0.6) is 11.5 Å². The molecule has 0 amide bonds. The molecule has 21 heavy (non-hydrogen) atoms. The quantitative estimate of drug-likeness (QED) is 0.900. The molecule has 116 valence electrons. The highest BCUT2D eigenvalue weighted by molar-refractivity contribution is 5.44. The Hall–Kier alpha value is -1.30. The summed E-state index contributed by atoms with van der Waals surface area (Å²) in [5, 5.41) is 0. The van der Waals surface area contributed by atoms with E-state index in [9.17, 15) is 0 Å². The topological polar surface area (TPSA) is 51.0 Å². The monoisotopic (exact) mass is 291 g/mol. The zero-order valence-electron chi connectivity index (χ0n) is 12.8. The van der Waals surface area contributed by atoms with Gasteiger partial charge in [-0.3, -0.25) is 4.90 Å². The standard InChI is InChI=1S/C16H25N3O2/c1-2-18-5-7-19(8-6-18)12-14(17)13-3-4-15-16(11-13)21-10-9-20-15/h3-4,11,14H,2,5-10,12,17H2,1H3. The van der Waals surface area contributed by atoms with Crippen LogP contribution in [0.1, 0.15) is 18.5 Å². The summed E-state index contributed by atoms with van der Waals surface area (Å²) in [6.45, 7) is 9.99. The molecule has 0 saturated carbocycles. The second-order valence-corrected chi connectivity index (χ2v) is 5.74. The molecule has 2 aliphatic heterocycles. The van der Waals surface area contributed by atoms with E-state index in [1.165, 1.54) is 0 Å². The predicted octanol–water partition coefficient (Wildman–Crippen LogP) is 1.10. The largest absolute Gasteiger partial charge is 0.486 e. The maximum absolute atomic E-state index is 6.37. The van der Waals surface area contributed by atoms with Gasteiger partial charge in [-0.1, -0.05) is 13.0 Å². The molecule has 2 heterocycles. The molecule has 0 spiro atoms. The first-order chi connectivity index (χ1) is 10.3. The molecule has 0 aromatic heterocycles. The third kappa shape index (κ3) is 3.48. The Morgan fingerprint density at radius 2 is 1.71 bits per heavy atom. The first-order valence-corrected chi connectivity index (χ1v) is 7.86. The molecule has 0 radical (unpaired) electrons. The SMILES string of the molecule is CCN1CCN(CC(N)c2ccc3c(c2)OCCO3)CC1. The molecule has 5 heteroatoms. The van der Waals surface area contributed by atoms with Gasteiger partial charge in [0.15, 0.2) is 11.5 Å². The molecular formula is C16H25N3O2. The summed E-state index contributed by atoms with van der Waals surface area (Å²) in [7, 11) is 0. The van der Waals surface area contributed by atoms with Gasteiger partial charge in [0.05, 0.1) is 0 Å². The summed E-state index contributed by atoms with van der Waals surface area (Å²) < 4.78 is 11.2. The average molecular weight is 291 g/mol. The highest BCUT2D eigenvalue weighted by Gasteiger charge is 2.20. The minimum atomic E-state index is 0.0222. The lowest BCUT2D eigenvalue weighted by Gasteiger charge is -2.35. The highest BCUT2D eigenvalue weighted by Crippen LogP contribution is 2.32. The van der Waals surface area contributed by atoms with E-state index < -0.39 is 0 Å². The Kier molecular flexibility index (Phi) is 4.63. The maximum Gasteiger partial charge on any atom is 0.161 e. The van der Waals surface area contributed by atoms with Gasteiger partial charge in [-0.15, -0.1) is 0 Å². The van der Waals surface area contributed by atoms with Crippen LogP contribution in [-0.2, 0) is 0 Å². The van der Waals surface area contributed by atoms with Crippen molar-refractivity contribution in [3.8, 4) is 11.5 Å². The Balaban J connectivity index is 1.59. The fourth-order valence-corrected chi connectivity index (χ4v) is 2.96.